The van der Waals surface area contributed by atoms with Crippen molar-refractivity contribution in [3.8, 4) is 0 Å². The fourth-order valence-corrected chi connectivity index (χ4v) is 3.85. The molecule has 132 valence electrons. The molecule has 0 saturated carbocycles. The van der Waals surface area contributed by atoms with Gasteiger partial charge in [0.2, 0.25) is 0 Å². The van der Waals surface area contributed by atoms with Crippen LogP contribution in [0.3, 0.4) is 0 Å². The summed E-state index contributed by atoms with van der Waals surface area (Å²) in [5, 5.41) is 9.19. The molecule has 1 N–H and O–H groups in total. The number of hydrogen-bond donors (Lipinski definition) is 1. The number of carbonyl (C=O) groups is 2. The molecule has 6 nitrogen and oxygen atoms in total. The van der Waals surface area contributed by atoms with Crippen molar-refractivity contribution in [3.05, 3.63) is 28.8 Å². The first-order valence-corrected chi connectivity index (χ1v) is 9.75. The van der Waals surface area contributed by atoms with Gasteiger partial charge in [-0.05, 0) is 49.4 Å². The van der Waals surface area contributed by atoms with Crippen LogP contribution in [-0.2, 0) is 14.6 Å². The molecule has 1 aromatic carbocycles. The summed E-state index contributed by atoms with van der Waals surface area (Å²) in [6.07, 6.45) is 1.53. The topological polar surface area (TPSA) is 91.8 Å². The molecule has 1 saturated heterocycles. The van der Waals surface area contributed by atoms with Crippen LogP contribution >= 0.6 is 0 Å². The lowest BCUT2D eigenvalue weighted by Crippen LogP contribution is -2.45. The van der Waals surface area contributed by atoms with Gasteiger partial charge in [-0.3, -0.25) is 9.59 Å². The number of carboxylic acid groups (broad SMARTS) is 1. The molecule has 1 aliphatic heterocycles. The van der Waals surface area contributed by atoms with E-state index in [4.69, 9.17) is 0 Å². The average molecular weight is 353 g/mol. The number of rotatable bonds is 3. The maximum absolute atomic E-state index is 12.9. The Labute approximate surface area is 142 Å². The Bertz CT molecular complexity index is 784. The zero-order valence-electron chi connectivity index (χ0n) is 14.4. The van der Waals surface area contributed by atoms with Crippen LogP contribution in [0.25, 0.3) is 0 Å². The molecule has 0 radical (unpaired) electrons. The molecule has 0 aromatic heterocycles. The van der Waals surface area contributed by atoms with E-state index in [9.17, 15) is 23.1 Å². The second-order valence-electron chi connectivity index (χ2n) is 6.65. The van der Waals surface area contributed by atoms with Gasteiger partial charge >= 0.3 is 5.97 Å². The van der Waals surface area contributed by atoms with Gasteiger partial charge in [-0.25, -0.2) is 8.42 Å². The summed E-state index contributed by atoms with van der Waals surface area (Å²) in [7, 11) is -3.41. The number of carbonyl (C=O) groups excluding carboxylic acids is 1. The predicted octanol–water partition coefficient (Wildman–Crippen LogP) is 1.89. The number of hydrogen-bond acceptors (Lipinski definition) is 4. The molecular formula is C17H23NO5S. The summed E-state index contributed by atoms with van der Waals surface area (Å²) in [4.78, 5) is 25.8. The minimum atomic E-state index is -3.41. The molecule has 7 heteroatoms. The maximum Gasteiger partial charge on any atom is 0.306 e. The number of sulfone groups is 1. The third-order valence-corrected chi connectivity index (χ3v) is 5.90. The molecule has 2 atom stereocenters. The standard InChI is InChI=1S/C17H23NO5S/c1-10-7-13(24(4,22)23)8-15(12(10)3)16(19)18-6-5-14(17(20)21)11(2)9-18/h7-8,11,14H,5-6,9H2,1-4H3,(H,20,21). The van der Waals surface area contributed by atoms with E-state index < -0.39 is 21.7 Å². The molecule has 1 amide bonds. The van der Waals surface area contributed by atoms with E-state index in [0.29, 0.717) is 25.1 Å². The number of aliphatic carboxylic acids is 1. The Morgan fingerprint density at radius 3 is 2.38 bits per heavy atom. The van der Waals surface area contributed by atoms with Gasteiger partial charge in [-0.1, -0.05) is 6.92 Å². The van der Waals surface area contributed by atoms with E-state index in [1.54, 1.807) is 24.8 Å². The smallest absolute Gasteiger partial charge is 0.306 e. The number of carboxylic acids is 1. The highest BCUT2D eigenvalue weighted by atomic mass is 32.2. The van der Waals surface area contributed by atoms with Crippen LogP contribution in [0, 0.1) is 25.7 Å². The van der Waals surface area contributed by atoms with E-state index in [1.165, 1.54) is 6.07 Å². The average Bonchev–Trinajstić information content (AvgIpc) is 2.47. The number of benzene rings is 1. The van der Waals surface area contributed by atoms with E-state index in [0.717, 1.165) is 17.4 Å². The number of nitrogens with zero attached hydrogens (tertiary/aromatic N) is 1. The third-order valence-electron chi connectivity index (χ3n) is 4.81. The lowest BCUT2D eigenvalue weighted by atomic mass is 9.86. The van der Waals surface area contributed by atoms with Crippen molar-refractivity contribution in [1.29, 1.82) is 0 Å². The summed E-state index contributed by atoms with van der Waals surface area (Å²) < 4.78 is 23.7. The Hall–Kier alpha value is -1.89. The lowest BCUT2D eigenvalue weighted by molar-refractivity contribution is -0.145. The van der Waals surface area contributed by atoms with Crippen LogP contribution < -0.4 is 0 Å². The summed E-state index contributed by atoms with van der Waals surface area (Å²) >= 11 is 0. The molecule has 0 spiro atoms. The molecule has 2 rings (SSSR count). The second-order valence-corrected chi connectivity index (χ2v) is 8.66. The minimum absolute atomic E-state index is 0.127. The van der Waals surface area contributed by atoms with Gasteiger partial charge in [0.05, 0.1) is 10.8 Å². The van der Waals surface area contributed by atoms with Gasteiger partial charge in [0.1, 0.15) is 0 Å². The number of amides is 1. The van der Waals surface area contributed by atoms with Crippen LogP contribution in [0.1, 0.15) is 34.8 Å². The molecule has 2 unspecified atom stereocenters. The van der Waals surface area contributed by atoms with Crippen LogP contribution in [0.2, 0.25) is 0 Å². The number of likely N-dealkylation sites (tertiary alicyclic amines) is 1. The fourth-order valence-electron chi connectivity index (χ4n) is 3.13. The molecule has 1 aliphatic rings. The van der Waals surface area contributed by atoms with Crippen molar-refractivity contribution in [2.24, 2.45) is 11.8 Å². The first kappa shape index (κ1) is 18.4. The monoisotopic (exact) mass is 353 g/mol. The Kier molecular flexibility index (Phi) is 5.03. The highest BCUT2D eigenvalue weighted by Crippen LogP contribution is 2.27. The summed E-state index contributed by atoms with van der Waals surface area (Å²) in [6, 6.07) is 2.99. The van der Waals surface area contributed by atoms with E-state index in [2.05, 4.69) is 0 Å². The quantitative estimate of drug-likeness (QED) is 0.896. The van der Waals surface area contributed by atoms with Crippen LogP contribution in [0.5, 0.6) is 0 Å². The van der Waals surface area contributed by atoms with Gasteiger partial charge in [-0.15, -0.1) is 0 Å². The normalized spacial score (nSPS) is 21.6. The maximum atomic E-state index is 12.9. The highest BCUT2D eigenvalue weighted by molar-refractivity contribution is 7.90. The largest absolute Gasteiger partial charge is 0.481 e. The molecular weight excluding hydrogens is 330 g/mol. The van der Waals surface area contributed by atoms with Crippen LogP contribution in [0.4, 0.5) is 0 Å². The third kappa shape index (κ3) is 3.61. The van der Waals surface area contributed by atoms with Crippen molar-refractivity contribution in [2.75, 3.05) is 19.3 Å². The van der Waals surface area contributed by atoms with Gasteiger partial charge in [-0.2, -0.15) is 0 Å². The van der Waals surface area contributed by atoms with Crippen LogP contribution in [0.15, 0.2) is 17.0 Å². The van der Waals surface area contributed by atoms with Crippen molar-refractivity contribution in [1.82, 2.24) is 4.90 Å². The molecule has 24 heavy (non-hydrogen) atoms. The first-order chi connectivity index (χ1) is 11.0. The summed E-state index contributed by atoms with van der Waals surface area (Å²) in [5.41, 5.74) is 1.87. The Morgan fingerprint density at radius 1 is 1.25 bits per heavy atom. The molecule has 1 fully saturated rings. The zero-order chi connectivity index (χ0) is 18.2. The Morgan fingerprint density at radius 2 is 1.88 bits per heavy atom. The molecule has 1 heterocycles. The SMILES string of the molecule is Cc1cc(S(C)(=O)=O)cc(C(=O)N2CCC(C(=O)O)C(C)C2)c1C. The van der Waals surface area contributed by atoms with E-state index in [-0.39, 0.29) is 16.7 Å². The van der Waals surface area contributed by atoms with Crippen molar-refractivity contribution >= 4 is 21.7 Å². The molecule has 0 aliphatic carbocycles. The summed E-state index contributed by atoms with van der Waals surface area (Å²) in [6.45, 7) is 6.12. The highest BCUT2D eigenvalue weighted by Gasteiger charge is 2.34. The second kappa shape index (κ2) is 6.55. The zero-order valence-corrected chi connectivity index (χ0v) is 15.2. The van der Waals surface area contributed by atoms with Crippen molar-refractivity contribution in [3.63, 3.8) is 0 Å². The van der Waals surface area contributed by atoms with Gasteiger partial charge in [0, 0.05) is 24.9 Å². The van der Waals surface area contributed by atoms with Gasteiger partial charge in [0.25, 0.3) is 5.91 Å². The van der Waals surface area contributed by atoms with E-state index in [1.807, 2.05) is 6.92 Å². The fraction of sp³-hybridized carbons (Fsp3) is 0.529. The molecule has 0 bridgehead atoms. The number of piperidine rings is 1. The number of aryl methyl sites for hydroxylation is 1. The molecule has 1 aromatic rings. The van der Waals surface area contributed by atoms with Crippen LogP contribution in [-0.4, -0.2) is 49.6 Å². The predicted molar refractivity (Wildman–Crippen MR) is 89.8 cm³/mol. The van der Waals surface area contributed by atoms with E-state index >= 15 is 0 Å². The first-order valence-electron chi connectivity index (χ1n) is 7.85. The van der Waals surface area contributed by atoms with Crippen molar-refractivity contribution < 1.29 is 23.1 Å². The minimum Gasteiger partial charge on any atom is -0.481 e. The van der Waals surface area contributed by atoms with Gasteiger partial charge < -0.3 is 10.0 Å². The lowest BCUT2D eigenvalue weighted by Gasteiger charge is -2.35. The summed E-state index contributed by atoms with van der Waals surface area (Å²) in [5.74, 6) is -1.66. The Balaban J connectivity index is 2.34. The van der Waals surface area contributed by atoms with Crippen molar-refractivity contribution in [2.45, 2.75) is 32.1 Å². The van der Waals surface area contributed by atoms with Gasteiger partial charge in [0.15, 0.2) is 9.84 Å².